The number of rotatable bonds is 1. The fourth-order valence-corrected chi connectivity index (χ4v) is 2.52. The van der Waals surface area contributed by atoms with Gasteiger partial charge in [0.25, 0.3) is 5.91 Å². The molecule has 0 saturated heterocycles. The molecule has 1 aliphatic heterocycles. The maximum absolute atomic E-state index is 12.6. The normalized spacial score (nSPS) is 15.1. The maximum atomic E-state index is 12.6. The van der Waals surface area contributed by atoms with Gasteiger partial charge in [0, 0.05) is 25.5 Å². The molecule has 3 heterocycles. The summed E-state index contributed by atoms with van der Waals surface area (Å²) >= 11 is 0. The number of hydrogen-bond donors (Lipinski definition) is 1. The van der Waals surface area contributed by atoms with Crippen LogP contribution in [0.15, 0.2) is 18.6 Å². The molecule has 3 rings (SSSR count). The van der Waals surface area contributed by atoms with Gasteiger partial charge in [-0.15, -0.1) is 0 Å². The number of aryl methyl sites for hydroxylation is 1. The number of carbonyl (C=O) groups excluding carboxylic acids is 1. The van der Waals surface area contributed by atoms with E-state index in [0.29, 0.717) is 16.9 Å². The van der Waals surface area contributed by atoms with Gasteiger partial charge in [-0.25, -0.2) is 4.68 Å². The summed E-state index contributed by atoms with van der Waals surface area (Å²) in [4.78, 5) is 19.0. The number of pyridine rings is 1. The van der Waals surface area contributed by atoms with Crippen LogP contribution in [0.4, 0.5) is 5.69 Å². The van der Waals surface area contributed by atoms with E-state index in [0.717, 1.165) is 30.6 Å². The van der Waals surface area contributed by atoms with Crippen LogP contribution in [0.25, 0.3) is 0 Å². The van der Waals surface area contributed by atoms with Crippen LogP contribution in [0.1, 0.15) is 27.2 Å². The summed E-state index contributed by atoms with van der Waals surface area (Å²) in [6.45, 7) is 3.55. The lowest BCUT2D eigenvalue weighted by molar-refractivity contribution is 0.0942. The number of fused-ring (bicyclic) bond motifs is 1. The van der Waals surface area contributed by atoms with Crippen molar-refractivity contribution in [1.29, 1.82) is 0 Å². The Balaban J connectivity index is 2.02. The molecule has 0 unspecified atom stereocenters. The molecule has 0 aromatic carbocycles. The first-order chi connectivity index (χ1) is 9.56. The summed E-state index contributed by atoms with van der Waals surface area (Å²) < 4.78 is 1.31. The van der Waals surface area contributed by atoms with Crippen LogP contribution in [0, 0.1) is 6.92 Å². The molecule has 104 valence electrons. The third kappa shape index (κ3) is 2.08. The van der Waals surface area contributed by atoms with Crippen LogP contribution >= 0.6 is 0 Å². The first kappa shape index (κ1) is 12.8. The monoisotopic (exact) mass is 271 g/mol. The summed E-state index contributed by atoms with van der Waals surface area (Å²) in [5.74, 6) is -0.168. The van der Waals surface area contributed by atoms with Crippen molar-refractivity contribution in [2.24, 2.45) is 0 Å². The smallest absolute Gasteiger partial charge is 0.280 e. The summed E-state index contributed by atoms with van der Waals surface area (Å²) in [6, 6.07) is 0. The zero-order valence-corrected chi connectivity index (χ0v) is 11.6. The molecule has 0 aliphatic carbocycles. The predicted octanol–water partition coefficient (Wildman–Crippen LogP) is 0.845. The van der Waals surface area contributed by atoms with Crippen molar-refractivity contribution in [3.63, 3.8) is 0 Å². The SMILES string of the molecule is Cc1nn(C(=O)c2cncc3c2CCN(C)C3)cc1N. The third-order valence-corrected chi connectivity index (χ3v) is 3.71. The fourth-order valence-electron chi connectivity index (χ4n) is 2.52. The minimum atomic E-state index is -0.168. The van der Waals surface area contributed by atoms with E-state index in [4.69, 9.17) is 5.73 Å². The molecular formula is C14H17N5O. The van der Waals surface area contributed by atoms with Crippen LogP contribution in [0.3, 0.4) is 0 Å². The number of nitrogen functional groups attached to an aromatic ring is 1. The molecule has 0 bridgehead atoms. The summed E-state index contributed by atoms with van der Waals surface area (Å²) in [6.07, 6.45) is 5.88. The number of likely N-dealkylation sites (N-methyl/N-ethyl adjacent to an activating group) is 1. The van der Waals surface area contributed by atoms with Crippen molar-refractivity contribution in [3.05, 3.63) is 41.0 Å². The number of aromatic nitrogens is 3. The molecule has 0 atom stereocenters. The van der Waals surface area contributed by atoms with Gasteiger partial charge in [0.05, 0.1) is 23.1 Å². The Morgan fingerprint density at radius 2 is 2.20 bits per heavy atom. The molecule has 0 fully saturated rings. The van der Waals surface area contributed by atoms with E-state index >= 15 is 0 Å². The van der Waals surface area contributed by atoms with Crippen molar-refractivity contribution in [2.75, 3.05) is 19.3 Å². The quantitative estimate of drug-likeness (QED) is 0.832. The van der Waals surface area contributed by atoms with E-state index in [2.05, 4.69) is 22.0 Å². The highest BCUT2D eigenvalue weighted by Crippen LogP contribution is 2.21. The first-order valence-corrected chi connectivity index (χ1v) is 6.57. The zero-order chi connectivity index (χ0) is 14.3. The Kier molecular flexibility index (Phi) is 3.02. The number of nitrogens with zero attached hydrogens (tertiary/aromatic N) is 4. The van der Waals surface area contributed by atoms with E-state index < -0.39 is 0 Å². The second-order valence-corrected chi connectivity index (χ2v) is 5.23. The molecule has 2 N–H and O–H groups in total. The molecule has 6 heteroatoms. The van der Waals surface area contributed by atoms with Gasteiger partial charge in [0.1, 0.15) is 0 Å². The molecule has 0 saturated carbocycles. The van der Waals surface area contributed by atoms with Gasteiger partial charge in [-0.3, -0.25) is 9.78 Å². The van der Waals surface area contributed by atoms with Gasteiger partial charge in [0.15, 0.2) is 0 Å². The van der Waals surface area contributed by atoms with E-state index in [9.17, 15) is 4.79 Å². The van der Waals surface area contributed by atoms with E-state index in [1.54, 1.807) is 19.3 Å². The standard InChI is InChI=1S/C14H17N5O/c1-9-13(15)8-19(17-9)14(20)12-6-16-5-10-7-18(2)4-3-11(10)12/h5-6,8H,3-4,7,15H2,1-2H3. The van der Waals surface area contributed by atoms with Crippen LogP contribution in [-0.2, 0) is 13.0 Å². The number of anilines is 1. The maximum Gasteiger partial charge on any atom is 0.280 e. The highest BCUT2D eigenvalue weighted by atomic mass is 16.2. The van der Waals surface area contributed by atoms with E-state index in [1.807, 2.05) is 6.20 Å². The average Bonchev–Trinajstić information content (AvgIpc) is 2.77. The summed E-state index contributed by atoms with van der Waals surface area (Å²) in [5.41, 5.74) is 9.76. The first-order valence-electron chi connectivity index (χ1n) is 6.57. The molecule has 0 spiro atoms. The lowest BCUT2D eigenvalue weighted by Crippen LogP contribution is -2.29. The molecule has 20 heavy (non-hydrogen) atoms. The molecule has 2 aromatic heterocycles. The van der Waals surface area contributed by atoms with Crippen molar-refractivity contribution < 1.29 is 4.79 Å². The highest BCUT2D eigenvalue weighted by molar-refractivity contribution is 5.97. The second-order valence-electron chi connectivity index (χ2n) is 5.23. The minimum Gasteiger partial charge on any atom is -0.396 e. The Hall–Kier alpha value is -2.21. The topological polar surface area (TPSA) is 77.0 Å². The van der Waals surface area contributed by atoms with Gasteiger partial charge >= 0.3 is 0 Å². The molecule has 0 amide bonds. The number of carbonyl (C=O) groups is 1. The fraction of sp³-hybridized carbons (Fsp3) is 0.357. The van der Waals surface area contributed by atoms with Crippen molar-refractivity contribution in [2.45, 2.75) is 19.9 Å². The number of nitrogens with two attached hydrogens (primary N) is 1. The predicted molar refractivity (Wildman–Crippen MR) is 75.4 cm³/mol. The second kappa shape index (κ2) is 4.72. The van der Waals surface area contributed by atoms with Crippen LogP contribution in [0.2, 0.25) is 0 Å². The van der Waals surface area contributed by atoms with Gasteiger partial charge < -0.3 is 10.6 Å². The van der Waals surface area contributed by atoms with Crippen molar-refractivity contribution in [1.82, 2.24) is 19.7 Å². The number of hydrogen-bond acceptors (Lipinski definition) is 5. The van der Waals surface area contributed by atoms with E-state index in [1.165, 1.54) is 4.68 Å². The van der Waals surface area contributed by atoms with Crippen molar-refractivity contribution in [3.8, 4) is 0 Å². The molecule has 6 nitrogen and oxygen atoms in total. The van der Waals surface area contributed by atoms with Crippen LogP contribution in [-0.4, -0.2) is 39.2 Å². The lowest BCUT2D eigenvalue weighted by Gasteiger charge is -2.25. The average molecular weight is 271 g/mol. The lowest BCUT2D eigenvalue weighted by atomic mass is 9.97. The van der Waals surface area contributed by atoms with E-state index in [-0.39, 0.29) is 5.91 Å². The van der Waals surface area contributed by atoms with Crippen LogP contribution < -0.4 is 5.73 Å². The molecule has 2 aromatic rings. The molecular weight excluding hydrogens is 254 g/mol. The Morgan fingerprint density at radius 1 is 1.40 bits per heavy atom. The van der Waals surface area contributed by atoms with Crippen molar-refractivity contribution >= 4 is 11.6 Å². The van der Waals surface area contributed by atoms with Crippen LogP contribution in [0.5, 0.6) is 0 Å². The van der Waals surface area contributed by atoms with Gasteiger partial charge in [-0.2, -0.15) is 5.10 Å². The Bertz CT molecular complexity index is 657. The van der Waals surface area contributed by atoms with Gasteiger partial charge in [0.2, 0.25) is 0 Å². The summed E-state index contributed by atoms with van der Waals surface area (Å²) in [7, 11) is 2.06. The minimum absolute atomic E-state index is 0.168. The zero-order valence-electron chi connectivity index (χ0n) is 11.6. The summed E-state index contributed by atoms with van der Waals surface area (Å²) in [5, 5.41) is 4.15. The molecule has 0 radical (unpaired) electrons. The molecule has 1 aliphatic rings. The van der Waals surface area contributed by atoms with Gasteiger partial charge in [-0.05, 0) is 31.5 Å². The third-order valence-electron chi connectivity index (χ3n) is 3.71. The largest absolute Gasteiger partial charge is 0.396 e. The highest BCUT2D eigenvalue weighted by Gasteiger charge is 2.22. The Labute approximate surface area is 117 Å². The Morgan fingerprint density at radius 3 is 2.90 bits per heavy atom. The van der Waals surface area contributed by atoms with Gasteiger partial charge in [-0.1, -0.05) is 0 Å².